The van der Waals surface area contributed by atoms with Crippen LogP contribution in [0.1, 0.15) is 31.2 Å². The SMILES string of the molecule is CC(C)(C1C=CC=C1)C(c1ccccn1)c1ccccn1. The molecule has 0 bridgehead atoms. The largest absolute Gasteiger partial charge is 0.261 e. The lowest BCUT2D eigenvalue weighted by molar-refractivity contribution is 0.257. The monoisotopic (exact) mass is 276 g/mol. The Kier molecular flexibility index (Phi) is 3.70. The van der Waals surface area contributed by atoms with Gasteiger partial charge in [0.15, 0.2) is 0 Å². The van der Waals surface area contributed by atoms with Crippen LogP contribution in [0.15, 0.2) is 73.1 Å². The third-order valence-corrected chi connectivity index (χ3v) is 4.32. The van der Waals surface area contributed by atoms with Gasteiger partial charge in [0, 0.05) is 35.6 Å². The predicted octanol–water partition coefficient (Wildman–Crippen LogP) is 4.38. The molecule has 3 rings (SSSR count). The first-order valence-corrected chi connectivity index (χ1v) is 7.36. The Labute approximate surface area is 126 Å². The first kappa shape index (κ1) is 13.7. The van der Waals surface area contributed by atoms with Crippen molar-refractivity contribution in [3.05, 3.63) is 84.5 Å². The van der Waals surface area contributed by atoms with Crippen molar-refractivity contribution in [2.24, 2.45) is 11.3 Å². The van der Waals surface area contributed by atoms with E-state index in [0.717, 1.165) is 11.4 Å². The summed E-state index contributed by atoms with van der Waals surface area (Å²) in [5.41, 5.74) is 2.16. The van der Waals surface area contributed by atoms with Crippen molar-refractivity contribution in [2.45, 2.75) is 19.8 Å². The third-order valence-electron chi connectivity index (χ3n) is 4.32. The molecule has 106 valence electrons. The van der Waals surface area contributed by atoms with E-state index in [4.69, 9.17) is 0 Å². The summed E-state index contributed by atoms with van der Waals surface area (Å²) in [6, 6.07) is 12.2. The molecule has 2 aromatic heterocycles. The lowest BCUT2D eigenvalue weighted by Gasteiger charge is -2.37. The van der Waals surface area contributed by atoms with E-state index >= 15 is 0 Å². The van der Waals surface area contributed by atoms with Crippen molar-refractivity contribution in [1.29, 1.82) is 0 Å². The number of hydrogen-bond donors (Lipinski definition) is 0. The molecule has 2 nitrogen and oxygen atoms in total. The summed E-state index contributed by atoms with van der Waals surface area (Å²) in [4.78, 5) is 9.21. The topological polar surface area (TPSA) is 25.8 Å². The molecule has 2 heterocycles. The van der Waals surface area contributed by atoms with Gasteiger partial charge in [0.05, 0.1) is 0 Å². The van der Waals surface area contributed by atoms with Gasteiger partial charge < -0.3 is 0 Å². The van der Waals surface area contributed by atoms with E-state index < -0.39 is 0 Å². The average Bonchev–Trinajstić information content (AvgIpc) is 3.04. The van der Waals surface area contributed by atoms with Gasteiger partial charge in [0.2, 0.25) is 0 Å². The van der Waals surface area contributed by atoms with Crippen molar-refractivity contribution in [3.8, 4) is 0 Å². The van der Waals surface area contributed by atoms with Crippen LogP contribution in [0.25, 0.3) is 0 Å². The fraction of sp³-hybridized carbons (Fsp3) is 0.263. The van der Waals surface area contributed by atoms with Crippen LogP contribution in [0.2, 0.25) is 0 Å². The van der Waals surface area contributed by atoms with Crippen LogP contribution in [-0.2, 0) is 0 Å². The number of rotatable bonds is 4. The third kappa shape index (κ3) is 2.66. The molecule has 0 N–H and O–H groups in total. The molecule has 0 amide bonds. The molecule has 0 saturated heterocycles. The summed E-state index contributed by atoms with van der Waals surface area (Å²) in [5.74, 6) is 0.559. The maximum absolute atomic E-state index is 4.60. The molecule has 1 aliphatic carbocycles. The van der Waals surface area contributed by atoms with Crippen molar-refractivity contribution in [1.82, 2.24) is 9.97 Å². The molecule has 0 unspecified atom stereocenters. The molecule has 2 aromatic rings. The molecular formula is C19H20N2. The van der Waals surface area contributed by atoms with Crippen LogP contribution in [0.5, 0.6) is 0 Å². The van der Waals surface area contributed by atoms with Crippen molar-refractivity contribution < 1.29 is 0 Å². The van der Waals surface area contributed by atoms with E-state index in [0.29, 0.717) is 5.92 Å². The van der Waals surface area contributed by atoms with Crippen LogP contribution in [0, 0.1) is 11.3 Å². The summed E-state index contributed by atoms with van der Waals surface area (Å²) < 4.78 is 0. The Morgan fingerprint density at radius 2 is 1.38 bits per heavy atom. The summed E-state index contributed by atoms with van der Waals surface area (Å²) in [6.45, 7) is 4.59. The number of hydrogen-bond acceptors (Lipinski definition) is 2. The lowest BCUT2D eigenvalue weighted by atomic mass is 9.67. The molecule has 0 saturated carbocycles. The Morgan fingerprint density at radius 1 is 0.857 bits per heavy atom. The zero-order valence-electron chi connectivity index (χ0n) is 12.5. The van der Waals surface area contributed by atoms with E-state index in [1.807, 2.05) is 24.5 Å². The van der Waals surface area contributed by atoms with Crippen molar-refractivity contribution >= 4 is 0 Å². The van der Waals surface area contributed by atoms with Crippen LogP contribution in [-0.4, -0.2) is 9.97 Å². The summed E-state index contributed by atoms with van der Waals surface area (Å²) in [7, 11) is 0. The van der Waals surface area contributed by atoms with Crippen molar-refractivity contribution in [3.63, 3.8) is 0 Å². The van der Waals surface area contributed by atoms with Gasteiger partial charge >= 0.3 is 0 Å². The molecule has 0 fully saturated rings. The van der Waals surface area contributed by atoms with Gasteiger partial charge in [-0.25, -0.2) is 0 Å². The first-order valence-electron chi connectivity index (χ1n) is 7.36. The first-order chi connectivity index (χ1) is 10.2. The Morgan fingerprint density at radius 3 is 1.81 bits per heavy atom. The fourth-order valence-electron chi connectivity index (χ4n) is 3.13. The quantitative estimate of drug-likeness (QED) is 0.828. The highest BCUT2D eigenvalue weighted by Crippen LogP contribution is 2.46. The van der Waals surface area contributed by atoms with Gasteiger partial charge in [-0.15, -0.1) is 0 Å². The average molecular weight is 276 g/mol. The van der Waals surface area contributed by atoms with Gasteiger partial charge in [-0.05, 0) is 29.7 Å². The van der Waals surface area contributed by atoms with Crippen LogP contribution < -0.4 is 0 Å². The van der Waals surface area contributed by atoms with Crippen LogP contribution in [0.3, 0.4) is 0 Å². The van der Waals surface area contributed by atoms with E-state index in [9.17, 15) is 0 Å². The second-order valence-electron chi connectivity index (χ2n) is 6.06. The molecule has 2 heteroatoms. The highest BCUT2D eigenvalue weighted by molar-refractivity contribution is 5.30. The smallest absolute Gasteiger partial charge is 0.0499 e. The van der Waals surface area contributed by atoms with Gasteiger partial charge in [-0.3, -0.25) is 9.97 Å². The molecule has 0 radical (unpaired) electrons. The van der Waals surface area contributed by atoms with Gasteiger partial charge in [0.25, 0.3) is 0 Å². The number of allylic oxidation sites excluding steroid dienone is 4. The Bertz CT molecular complexity index is 590. The second kappa shape index (κ2) is 5.65. The highest BCUT2D eigenvalue weighted by atomic mass is 14.7. The standard InChI is InChI=1S/C19H20N2/c1-19(2,15-9-3-4-10-15)18(16-11-5-7-13-20-16)17-12-6-8-14-21-17/h3-15,18H,1-2H3. The lowest BCUT2D eigenvalue weighted by Crippen LogP contribution is -2.30. The normalized spacial score (nSPS) is 15.0. The van der Waals surface area contributed by atoms with Crippen LogP contribution in [0.4, 0.5) is 0 Å². The molecule has 0 aromatic carbocycles. The summed E-state index contributed by atoms with van der Waals surface area (Å²) in [6.07, 6.45) is 12.5. The zero-order valence-corrected chi connectivity index (χ0v) is 12.5. The Hall–Kier alpha value is -2.22. The summed E-state index contributed by atoms with van der Waals surface area (Å²) >= 11 is 0. The maximum atomic E-state index is 4.60. The fourth-order valence-corrected chi connectivity index (χ4v) is 3.13. The van der Waals surface area contributed by atoms with Gasteiger partial charge in [0.1, 0.15) is 0 Å². The zero-order chi connectivity index (χ0) is 14.7. The number of aromatic nitrogens is 2. The molecular weight excluding hydrogens is 256 g/mol. The number of nitrogens with zero attached hydrogens (tertiary/aromatic N) is 2. The summed E-state index contributed by atoms with van der Waals surface area (Å²) in [5, 5.41) is 0. The molecule has 0 spiro atoms. The minimum atomic E-state index is 0.00616. The minimum absolute atomic E-state index is 0.00616. The van der Waals surface area contributed by atoms with E-state index in [1.54, 1.807) is 0 Å². The van der Waals surface area contributed by atoms with E-state index in [2.05, 4.69) is 72.4 Å². The Balaban J connectivity index is 2.08. The van der Waals surface area contributed by atoms with E-state index in [-0.39, 0.29) is 11.3 Å². The molecule has 0 aliphatic heterocycles. The van der Waals surface area contributed by atoms with Gasteiger partial charge in [-0.1, -0.05) is 50.3 Å². The van der Waals surface area contributed by atoms with Gasteiger partial charge in [-0.2, -0.15) is 0 Å². The van der Waals surface area contributed by atoms with Crippen molar-refractivity contribution in [2.75, 3.05) is 0 Å². The maximum Gasteiger partial charge on any atom is 0.0499 e. The molecule has 0 atom stereocenters. The molecule has 1 aliphatic rings. The number of pyridine rings is 2. The van der Waals surface area contributed by atoms with Crippen LogP contribution >= 0.6 is 0 Å². The minimum Gasteiger partial charge on any atom is -0.261 e. The highest BCUT2D eigenvalue weighted by Gasteiger charge is 2.39. The molecule has 21 heavy (non-hydrogen) atoms. The second-order valence-corrected chi connectivity index (χ2v) is 6.06. The predicted molar refractivity (Wildman–Crippen MR) is 85.9 cm³/mol. The van der Waals surface area contributed by atoms with E-state index in [1.165, 1.54) is 0 Å².